The van der Waals surface area contributed by atoms with Crippen LogP contribution in [0.4, 0.5) is 24.8 Å². The summed E-state index contributed by atoms with van der Waals surface area (Å²) in [6, 6.07) is 10.8. The van der Waals surface area contributed by atoms with E-state index in [2.05, 4.69) is 20.3 Å². The Morgan fingerprint density at radius 2 is 1.74 bits per heavy atom. The summed E-state index contributed by atoms with van der Waals surface area (Å²) in [5.74, 6) is -1.98. The van der Waals surface area contributed by atoms with Gasteiger partial charge >= 0.3 is 0 Å². The Morgan fingerprint density at radius 3 is 2.45 bits per heavy atom. The smallest absolute Gasteiger partial charge is 0.233 e. The van der Waals surface area contributed by atoms with Gasteiger partial charge in [-0.15, -0.1) is 0 Å². The second kappa shape index (κ2) is 11.5. The SMILES string of the molecule is CC1(C(=O)N2CCOCC2)COC(c2nc(-c3ccc(F)cc3)c(-c3ccnc(Nc4ccc(F)c(F)c4)n3)[nH]2)OC1. The van der Waals surface area contributed by atoms with E-state index in [-0.39, 0.29) is 30.8 Å². The summed E-state index contributed by atoms with van der Waals surface area (Å²) in [6.45, 7) is 4.07. The lowest BCUT2D eigenvalue weighted by Gasteiger charge is -2.39. The molecule has 2 aromatic carbocycles. The topological polar surface area (TPSA) is 114 Å². The molecule has 2 saturated heterocycles. The molecule has 0 aliphatic carbocycles. The zero-order valence-corrected chi connectivity index (χ0v) is 22.6. The van der Waals surface area contributed by atoms with E-state index in [9.17, 15) is 18.0 Å². The van der Waals surface area contributed by atoms with Crippen LogP contribution in [0.2, 0.25) is 0 Å². The molecule has 0 bridgehead atoms. The zero-order chi connectivity index (χ0) is 29.3. The number of amides is 1. The zero-order valence-electron chi connectivity index (χ0n) is 22.6. The third kappa shape index (κ3) is 5.71. The van der Waals surface area contributed by atoms with Crippen molar-refractivity contribution in [3.8, 4) is 22.6 Å². The van der Waals surface area contributed by atoms with E-state index in [1.165, 1.54) is 24.4 Å². The van der Waals surface area contributed by atoms with E-state index in [1.54, 1.807) is 30.0 Å². The molecule has 0 spiro atoms. The van der Waals surface area contributed by atoms with Crippen LogP contribution >= 0.6 is 0 Å². The number of hydrogen-bond donors (Lipinski definition) is 2. The number of nitrogens with one attached hydrogen (secondary N) is 2. The first-order chi connectivity index (χ1) is 20.3. The maximum Gasteiger partial charge on any atom is 0.233 e. The van der Waals surface area contributed by atoms with Crippen molar-refractivity contribution in [3.05, 3.63) is 78.0 Å². The van der Waals surface area contributed by atoms with E-state index in [1.807, 2.05) is 0 Å². The molecule has 10 nitrogen and oxygen atoms in total. The molecular formula is C29H27F3N6O4. The fourth-order valence-electron chi connectivity index (χ4n) is 4.80. The maximum atomic E-state index is 13.7. The number of ether oxygens (including phenoxy) is 3. The average molecular weight is 581 g/mol. The van der Waals surface area contributed by atoms with Crippen LogP contribution < -0.4 is 5.32 Å². The molecule has 0 unspecified atom stereocenters. The minimum absolute atomic E-state index is 0.0570. The van der Waals surface area contributed by atoms with Crippen molar-refractivity contribution in [3.63, 3.8) is 0 Å². The van der Waals surface area contributed by atoms with Crippen LogP contribution in [0.1, 0.15) is 19.0 Å². The largest absolute Gasteiger partial charge is 0.378 e. The highest BCUT2D eigenvalue weighted by molar-refractivity contribution is 5.83. The van der Waals surface area contributed by atoms with Crippen molar-refractivity contribution >= 4 is 17.5 Å². The van der Waals surface area contributed by atoms with E-state index in [0.29, 0.717) is 54.8 Å². The van der Waals surface area contributed by atoms with E-state index in [4.69, 9.17) is 19.2 Å². The lowest BCUT2D eigenvalue weighted by Crippen LogP contribution is -2.53. The third-order valence-corrected chi connectivity index (χ3v) is 7.07. The van der Waals surface area contributed by atoms with Crippen LogP contribution in [-0.4, -0.2) is 70.3 Å². The molecule has 4 aromatic rings. The van der Waals surface area contributed by atoms with Crippen LogP contribution in [0.5, 0.6) is 0 Å². The van der Waals surface area contributed by atoms with E-state index < -0.39 is 29.2 Å². The normalized spacial score (nSPS) is 20.9. The second-order valence-electron chi connectivity index (χ2n) is 10.3. The van der Waals surface area contributed by atoms with E-state index in [0.717, 1.165) is 12.1 Å². The Kier molecular flexibility index (Phi) is 7.62. The number of nitrogens with zero attached hydrogens (tertiary/aromatic N) is 4. The lowest BCUT2D eigenvalue weighted by atomic mass is 9.90. The van der Waals surface area contributed by atoms with Crippen molar-refractivity contribution in [2.45, 2.75) is 13.2 Å². The first-order valence-corrected chi connectivity index (χ1v) is 13.3. The predicted octanol–water partition coefficient (Wildman–Crippen LogP) is 4.61. The second-order valence-corrected chi connectivity index (χ2v) is 10.3. The summed E-state index contributed by atoms with van der Waals surface area (Å²) in [6.07, 6.45) is 0.598. The molecule has 2 aliphatic heterocycles. The highest BCUT2D eigenvalue weighted by Crippen LogP contribution is 2.36. The van der Waals surface area contributed by atoms with Crippen molar-refractivity contribution in [2.24, 2.45) is 5.41 Å². The Hall–Kier alpha value is -4.33. The summed E-state index contributed by atoms with van der Waals surface area (Å²) in [5.41, 5.74) is 1.33. The third-order valence-electron chi connectivity index (χ3n) is 7.07. The number of aromatic nitrogens is 4. The summed E-state index contributed by atoms with van der Waals surface area (Å²) in [5, 5.41) is 2.86. The number of H-pyrrole nitrogens is 1. The number of rotatable bonds is 6. The molecule has 42 heavy (non-hydrogen) atoms. The number of benzene rings is 2. The van der Waals surface area contributed by atoms with Crippen LogP contribution in [0.25, 0.3) is 22.6 Å². The van der Waals surface area contributed by atoms with Gasteiger partial charge in [-0.2, -0.15) is 0 Å². The molecule has 0 atom stereocenters. The Balaban J connectivity index is 1.27. The Bertz CT molecular complexity index is 1580. The highest BCUT2D eigenvalue weighted by atomic mass is 19.2. The van der Waals surface area contributed by atoms with Crippen LogP contribution in [-0.2, 0) is 19.0 Å². The fourth-order valence-corrected chi connectivity index (χ4v) is 4.80. The van der Waals surface area contributed by atoms with Gasteiger partial charge in [0.05, 0.1) is 48.9 Å². The highest BCUT2D eigenvalue weighted by Gasteiger charge is 2.43. The van der Waals surface area contributed by atoms with Gasteiger partial charge in [-0.3, -0.25) is 4.79 Å². The molecule has 2 aromatic heterocycles. The molecule has 0 saturated carbocycles. The van der Waals surface area contributed by atoms with Crippen molar-refractivity contribution in [1.82, 2.24) is 24.8 Å². The van der Waals surface area contributed by atoms with Crippen LogP contribution in [0, 0.1) is 22.9 Å². The van der Waals surface area contributed by atoms with Gasteiger partial charge in [-0.25, -0.2) is 28.1 Å². The van der Waals surface area contributed by atoms with E-state index >= 15 is 0 Å². The quantitative estimate of drug-likeness (QED) is 0.340. The molecule has 218 valence electrons. The van der Waals surface area contributed by atoms with Gasteiger partial charge in [0, 0.05) is 36.6 Å². The predicted molar refractivity (Wildman–Crippen MR) is 145 cm³/mol. The van der Waals surface area contributed by atoms with Gasteiger partial charge in [-0.1, -0.05) is 0 Å². The summed E-state index contributed by atoms with van der Waals surface area (Å²) >= 11 is 0. The lowest BCUT2D eigenvalue weighted by molar-refractivity contribution is -0.235. The fraction of sp³-hybridized carbons (Fsp3) is 0.310. The molecule has 4 heterocycles. The van der Waals surface area contributed by atoms with Gasteiger partial charge in [0.25, 0.3) is 0 Å². The summed E-state index contributed by atoms with van der Waals surface area (Å²) < 4.78 is 58.2. The van der Waals surface area contributed by atoms with Crippen molar-refractivity contribution < 1.29 is 32.2 Å². The number of aromatic amines is 1. The van der Waals surface area contributed by atoms with Crippen LogP contribution in [0.3, 0.4) is 0 Å². The molecule has 2 aliphatic rings. The summed E-state index contributed by atoms with van der Waals surface area (Å²) in [4.78, 5) is 31.6. The minimum Gasteiger partial charge on any atom is -0.378 e. The van der Waals surface area contributed by atoms with Gasteiger partial charge in [0.15, 0.2) is 17.5 Å². The Labute approximate surface area is 238 Å². The molecule has 13 heteroatoms. The molecule has 1 amide bonds. The number of morpholine rings is 1. The van der Waals surface area contributed by atoms with Crippen molar-refractivity contribution in [1.29, 1.82) is 0 Å². The molecular weight excluding hydrogens is 553 g/mol. The molecule has 6 rings (SSSR count). The van der Waals surface area contributed by atoms with Crippen molar-refractivity contribution in [2.75, 3.05) is 44.8 Å². The molecule has 0 radical (unpaired) electrons. The van der Waals surface area contributed by atoms with Gasteiger partial charge in [-0.05, 0) is 49.4 Å². The maximum absolute atomic E-state index is 13.7. The number of halogens is 3. The number of carbonyl (C=O) groups is 1. The first kappa shape index (κ1) is 27.8. The summed E-state index contributed by atoms with van der Waals surface area (Å²) in [7, 11) is 0. The standard InChI is InChI=1S/C29H27F3N6O4/c1-29(27(39)38-10-12-40-13-11-38)15-41-26(42-16-29)25-36-23(17-2-4-18(30)5-3-17)24(37-25)22-8-9-33-28(35-22)34-19-6-7-20(31)21(32)14-19/h2-9,14,26H,10-13,15-16H2,1H3,(H,36,37)(H,33,34,35). The minimum atomic E-state index is -1.01. The van der Waals surface area contributed by atoms with Gasteiger partial charge in [0.2, 0.25) is 18.1 Å². The molecule has 2 N–H and O–H groups in total. The number of anilines is 2. The van der Waals surface area contributed by atoms with Gasteiger partial charge in [0.1, 0.15) is 5.82 Å². The van der Waals surface area contributed by atoms with Gasteiger partial charge < -0.3 is 29.4 Å². The molecule has 2 fully saturated rings. The average Bonchev–Trinajstić information content (AvgIpc) is 3.45. The number of hydrogen-bond acceptors (Lipinski definition) is 8. The monoisotopic (exact) mass is 580 g/mol. The number of imidazole rings is 1. The van der Waals surface area contributed by atoms with Crippen LogP contribution in [0.15, 0.2) is 54.7 Å². The number of carbonyl (C=O) groups excluding carboxylic acids is 1. The Morgan fingerprint density at radius 1 is 1.00 bits per heavy atom. The first-order valence-electron chi connectivity index (χ1n) is 13.3.